The van der Waals surface area contributed by atoms with Gasteiger partial charge in [-0.2, -0.15) is 4.31 Å². The number of ether oxygens (including phenoxy) is 1. The van der Waals surface area contributed by atoms with E-state index in [-0.39, 0.29) is 10.8 Å². The number of piperidine rings is 1. The van der Waals surface area contributed by atoms with Crippen molar-refractivity contribution in [3.8, 4) is 0 Å². The van der Waals surface area contributed by atoms with Crippen molar-refractivity contribution >= 4 is 15.9 Å². The Labute approximate surface area is 157 Å². The van der Waals surface area contributed by atoms with Gasteiger partial charge in [-0.1, -0.05) is 26.3 Å². The van der Waals surface area contributed by atoms with E-state index in [1.807, 2.05) is 0 Å². The number of nitrogens with one attached hydrogen (secondary N) is 1. The normalized spacial score (nSPS) is 16.0. The van der Waals surface area contributed by atoms with Crippen LogP contribution in [0.2, 0.25) is 0 Å². The van der Waals surface area contributed by atoms with E-state index < -0.39 is 10.0 Å². The molecule has 2 rings (SSSR count). The van der Waals surface area contributed by atoms with Crippen molar-refractivity contribution in [1.82, 2.24) is 9.62 Å². The third kappa shape index (κ3) is 6.07. The molecule has 26 heavy (non-hydrogen) atoms. The maximum Gasteiger partial charge on any atom is 0.251 e. The summed E-state index contributed by atoms with van der Waals surface area (Å²) in [6.45, 7) is 7.09. The van der Waals surface area contributed by atoms with Crippen molar-refractivity contribution in [2.45, 2.75) is 44.4 Å². The molecule has 1 saturated heterocycles. The predicted octanol–water partition coefficient (Wildman–Crippen LogP) is 2.65. The maximum atomic E-state index is 12.7. The highest BCUT2D eigenvalue weighted by molar-refractivity contribution is 7.89. The van der Waals surface area contributed by atoms with Crippen LogP contribution in [0.4, 0.5) is 0 Å². The van der Waals surface area contributed by atoms with Crippen molar-refractivity contribution < 1.29 is 17.9 Å². The Balaban J connectivity index is 1.90. The van der Waals surface area contributed by atoms with Crippen LogP contribution in [-0.4, -0.2) is 51.5 Å². The SMILES string of the molecule is CC(C)COCCCNC(=O)c1cccc(S(=O)(=O)N2CCCCC2)c1. The number of hydrogen-bond donors (Lipinski definition) is 1. The summed E-state index contributed by atoms with van der Waals surface area (Å²) >= 11 is 0. The molecule has 0 aromatic heterocycles. The third-order valence-corrected chi connectivity index (χ3v) is 6.15. The first-order valence-corrected chi connectivity index (χ1v) is 10.8. The van der Waals surface area contributed by atoms with E-state index in [1.165, 1.54) is 10.4 Å². The number of nitrogens with zero attached hydrogens (tertiary/aromatic N) is 1. The Morgan fingerprint density at radius 1 is 1.23 bits per heavy atom. The summed E-state index contributed by atoms with van der Waals surface area (Å²) in [5.41, 5.74) is 0.367. The van der Waals surface area contributed by atoms with Crippen LogP contribution in [0, 0.1) is 5.92 Å². The second kappa shape index (κ2) is 10.0. The monoisotopic (exact) mass is 382 g/mol. The fourth-order valence-corrected chi connectivity index (χ4v) is 4.41. The minimum atomic E-state index is -3.53. The zero-order chi connectivity index (χ0) is 19.0. The number of carbonyl (C=O) groups excluding carboxylic acids is 1. The Bertz CT molecular complexity index is 683. The molecule has 1 aromatic rings. The lowest BCUT2D eigenvalue weighted by molar-refractivity contribution is 0.0925. The number of rotatable bonds is 9. The average molecular weight is 383 g/mol. The van der Waals surface area contributed by atoms with Gasteiger partial charge in [0.05, 0.1) is 4.90 Å². The smallest absolute Gasteiger partial charge is 0.251 e. The van der Waals surface area contributed by atoms with Gasteiger partial charge < -0.3 is 10.1 Å². The van der Waals surface area contributed by atoms with Crippen LogP contribution >= 0.6 is 0 Å². The number of amides is 1. The van der Waals surface area contributed by atoms with Crippen molar-refractivity contribution in [2.24, 2.45) is 5.92 Å². The van der Waals surface area contributed by atoms with Gasteiger partial charge in [0.15, 0.2) is 0 Å². The molecule has 0 aliphatic carbocycles. The molecule has 146 valence electrons. The van der Waals surface area contributed by atoms with E-state index in [0.717, 1.165) is 25.7 Å². The van der Waals surface area contributed by atoms with Crippen molar-refractivity contribution in [3.63, 3.8) is 0 Å². The van der Waals surface area contributed by atoms with Gasteiger partial charge >= 0.3 is 0 Å². The fraction of sp³-hybridized carbons (Fsp3) is 0.632. The largest absolute Gasteiger partial charge is 0.381 e. The van der Waals surface area contributed by atoms with Crippen LogP contribution in [0.15, 0.2) is 29.2 Å². The van der Waals surface area contributed by atoms with E-state index >= 15 is 0 Å². The number of carbonyl (C=O) groups is 1. The number of hydrogen-bond acceptors (Lipinski definition) is 4. The second-order valence-corrected chi connectivity index (χ2v) is 9.01. The highest BCUT2D eigenvalue weighted by atomic mass is 32.2. The number of sulfonamides is 1. The fourth-order valence-electron chi connectivity index (χ4n) is 2.85. The van der Waals surface area contributed by atoms with Crippen LogP contribution in [0.5, 0.6) is 0 Å². The molecular formula is C19H30N2O4S. The highest BCUT2D eigenvalue weighted by Crippen LogP contribution is 2.21. The molecule has 1 heterocycles. The summed E-state index contributed by atoms with van der Waals surface area (Å²) in [4.78, 5) is 12.5. The summed E-state index contributed by atoms with van der Waals surface area (Å²) in [5, 5.41) is 2.82. The third-order valence-electron chi connectivity index (χ3n) is 4.25. The average Bonchev–Trinajstić information content (AvgIpc) is 2.65. The molecule has 0 saturated carbocycles. The molecule has 0 radical (unpaired) electrons. The van der Waals surface area contributed by atoms with E-state index in [2.05, 4.69) is 19.2 Å². The molecule has 7 heteroatoms. The lowest BCUT2D eigenvalue weighted by atomic mass is 10.2. The van der Waals surface area contributed by atoms with Gasteiger partial charge in [0.2, 0.25) is 10.0 Å². The molecule has 0 bridgehead atoms. The summed E-state index contributed by atoms with van der Waals surface area (Å²) in [6.07, 6.45) is 3.57. The molecule has 1 fully saturated rings. The van der Waals surface area contributed by atoms with E-state index in [0.29, 0.717) is 44.3 Å². The van der Waals surface area contributed by atoms with Gasteiger partial charge in [0, 0.05) is 38.4 Å². The van der Waals surface area contributed by atoms with Crippen LogP contribution < -0.4 is 5.32 Å². The molecule has 1 N–H and O–H groups in total. The van der Waals surface area contributed by atoms with Gasteiger partial charge in [-0.25, -0.2) is 8.42 Å². The summed E-state index contributed by atoms with van der Waals surface area (Å²) in [6, 6.07) is 6.28. The Hall–Kier alpha value is -1.44. The maximum absolute atomic E-state index is 12.7. The van der Waals surface area contributed by atoms with Crippen LogP contribution in [0.1, 0.15) is 49.9 Å². The minimum absolute atomic E-state index is 0.187. The molecule has 0 spiro atoms. The molecule has 1 amide bonds. The molecule has 0 unspecified atom stereocenters. The molecular weight excluding hydrogens is 352 g/mol. The zero-order valence-corrected chi connectivity index (χ0v) is 16.6. The second-order valence-electron chi connectivity index (χ2n) is 7.07. The topological polar surface area (TPSA) is 75.7 Å². The summed E-state index contributed by atoms with van der Waals surface area (Å²) in [7, 11) is -3.53. The number of benzene rings is 1. The summed E-state index contributed by atoms with van der Waals surface area (Å²) in [5.74, 6) is 0.235. The lowest BCUT2D eigenvalue weighted by Crippen LogP contribution is -2.35. The highest BCUT2D eigenvalue weighted by Gasteiger charge is 2.26. The molecule has 0 atom stereocenters. The predicted molar refractivity (Wildman–Crippen MR) is 102 cm³/mol. The molecule has 1 aliphatic rings. The zero-order valence-electron chi connectivity index (χ0n) is 15.7. The van der Waals surface area contributed by atoms with Gasteiger partial charge in [0.1, 0.15) is 0 Å². The Morgan fingerprint density at radius 3 is 2.65 bits per heavy atom. The van der Waals surface area contributed by atoms with E-state index in [9.17, 15) is 13.2 Å². The molecule has 6 nitrogen and oxygen atoms in total. The van der Waals surface area contributed by atoms with Crippen LogP contribution in [-0.2, 0) is 14.8 Å². The standard InChI is InChI=1S/C19H30N2O4S/c1-16(2)15-25-13-7-10-20-19(22)17-8-6-9-18(14-17)26(23,24)21-11-4-3-5-12-21/h6,8-9,14,16H,3-5,7,10-13,15H2,1-2H3,(H,20,22). The Kier molecular flexibility index (Phi) is 8.06. The minimum Gasteiger partial charge on any atom is -0.381 e. The van der Waals surface area contributed by atoms with Crippen molar-refractivity contribution in [3.05, 3.63) is 29.8 Å². The first kappa shape index (κ1) is 20.9. The van der Waals surface area contributed by atoms with E-state index in [1.54, 1.807) is 18.2 Å². The van der Waals surface area contributed by atoms with Crippen molar-refractivity contribution in [2.75, 3.05) is 32.8 Å². The van der Waals surface area contributed by atoms with Crippen molar-refractivity contribution in [1.29, 1.82) is 0 Å². The first-order valence-electron chi connectivity index (χ1n) is 9.37. The van der Waals surface area contributed by atoms with Gasteiger partial charge in [0.25, 0.3) is 5.91 Å². The van der Waals surface area contributed by atoms with E-state index in [4.69, 9.17) is 4.74 Å². The molecule has 1 aromatic carbocycles. The summed E-state index contributed by atoms with van der Waals surface area (Å²) < 4.78 is 32.4. The quantitative estimate of drug-likeness (QED) is 0.666. The van der Waals surface area contributed by atoms with Gasteiger partial charge in [-0.15, -0.1) is 0 Å². The Morgan fingerprint density at radius 2 is 1.96 bits per heavy atom. The van der Waals surface area contributed by atoms with Gasteiger partial charge in [-0.3, -0.25) is 4.79 Å². The molecule has 1 aliphatic heterocycles. The first-order chi connectivity index (χ1) is 12.4. The van der Waals surface area contributed by atoms with Gasteiger partial charge in [-0.05, 0) is 43.4 Å². The van der Waals surface area contributed by atoms with Crippen LogP contribution in [0.3, 0.4) is 0 Å². The lowest BCUT2D eigenvalue weighted by Gasteiger charge is -2.26. The van der Waals surface area contributed by atoms with Crippen LogP contribution in [0.25, 0.3) is 0 Å².